The van der Waals surface area contributed by atoms with Crippen LogP contribution in [0.15, 0.2) is 4.99 Å². The van der Waals surface area contributed by atoms with E-state index in [1.54, 1.807) is 0 Å². The molecule has 8 heteroatoms. The number of aliphatic imine (C=N–C) groups is 1. The maximum absolute atomic E-state index is 12.2. The van der Waals surface area contributed by atoms with Crippen molar-refractivity contribution in [1.29, 1.82) is 0 Å². The third kappa shape index (κ3) is 9.32. The lowest BCUT2D eigenvalue weighted by molar-refractivity contribution is -0.0279. The molecule has 160 valence electrons. The van der Waals surface area contributed by atoms with Crippen LogP contribution in [-0.2, 0) is 4.74 Å². The van der Waals surface area contributed by atoms with E-state index in [0.29, 0.717) is 19.0 Å². The smallest absolute Gasteiger partial charge is 0.408 e. The predicted octanol–water partition coefficient (Wildman–Crippen LogP) is 3.16. The van der Waals surface area contributed by atoms with Crippen molar-refractivity contribution in [3.05, 3.63) is 0 Å². The minimum atomic E-state index is -0.614. The van der Waals surface area contributed by atoms with Crippen LogP contribution in [0.3, 0.4) is 0 Å². The third-order valence-electron chi connectivity index (χ3n) is 4.87. The van der Waals surface area contributed by atoms with Crippen molar-refractivity contribution < 1.29 is 14.6 Å². The van der Waals surface area contributed by atoms with Crippen molar-refractivity contribution in [1.82, 2.24) is 16.0 Å². The SMILES string of the molecule is CCNC(=NCC(CC)(CC)NC(=O)OC(C)(C)C)NCC1(O)CCC1.I. The van der Waals surface area contributed by atoms with Gasteiger partial charge in [-0.3, -0.25) is 4.99 Å². The first-order valence-electron chi connectivity index (χ1n) is 9.83. The Bertz CT molecular complexity index is 484. The lowest BCUT2D eigenvalue weighted by atomic mass is 9.80. The molecule has 1 aliphatic rings. The Labute approximate surface area is 181 Å². The summed E-state index contributed by atoms with van der Waals surface area (Å²) in [5.74, 6) is 0.657. The van der Waals surface area contributed by atoms with Gasteiger partial charge in [0.15, 0.2) is 5.96 Å². The monoisotopic (exact) mass is 498 g/mol. The number of nitrogens with zero attached hydrogens (tertiary/aromatic N) is 1. The number of hydrogen-bond donors (Lipinski definition) is 4. The predicted molar refractivity (Wildman–Crippen MR) is 121 cm³/mol. The van der Waals surface area contributed by atoms with Crippen LogP contribution >= 0.6 is 24.0 Å². The standard InChI is InChI=1S/C19H38N4O3.HI/c1-7-18(8-2,23-16(24)26-17(4,5)6)13-21-15(20-9-3)22-14-19(25)11-10-12-19;/h25H,7-14H2,1-6H3,(H,23,24)(H2,20,21,22);1H. The minimum Gasteiger partial charge on any atom is -0.444 e. The Morgan fingerprint density at radius 3 is 2.15 bits per heavy atom. The molecule has 0 bridgehead atoms. The molecular formula is C19H39IN4O3. The number of hydrogen-bond acceptors (Lipinski definition) is 4. The maximum Gasteiger partial charge on any atom is 0.408 e. The van der Waals surface area contributed by atoms with E-state index >= 15 is 0 Å². The molecule has 0 atom stereocenters. The summed E-state index contributed by atoms with van der Waals surface area (Å²) in [5.41, 5.74) is -1.61. The fourth-order valence-electron chi connectivity index (χ4n) is 2.79. The molecule has 0 aromatic carbocycles. The van der Waals surface area contributed by atoms with Crippen molar-refractivity contribution >= 4 is 36.0 Å². The first kappa shape index (κ1) is 26.2. The Balaban J connectivity index is 0.00000676. The van der Waals surface area contributed by atoms with Crippen LogP contribution in [0.4, 0.5) is 4.79 Å². The fraction of sp³-hybridized carbons (Fsp3) is 0.895. The van der Waals surface area contributed by atoms with Gasteiger partial charge in [-0.15, -0.1) is 24.0 Å². The number of aliphatic hydroxyl groups is 1. The van der Waals surface area contributed by atoms with Gasteiger partial charge in [0.2, 0.25) is 0 Å². The molecule has 0 aromatic rings. The zero-order valence-corrected chi connectivity index (χ0v) is 20.1. The Morgan fingerprint density at radius 2 is 1.74 bits per heavy atom. The third-order valence-corrected chi connectivity index (χ3v) is 4.87. The van der Waals surface area contributed by atoms with E-state index in [2.05, 4.69) is 20.9 Å². The van der Waals surface area contributed by atoms with Gasteiger partial charge < -0.3 is 25.8 Å². The second-order valence-corrected chi connectivity index (χ2v) is 8.24. The Hall–Kier alpha value is -0.770. The summed E-state index contributed by atoms with van der Waals surface area (Å²) in [5, 5.41) is 19.7. The fourth-order valence-corrected chi connectivity index (χ4v) is 2.79. The molecule has 27 heavy (non-hydrogen) atoms. The molecule has 1 fully saturated rings. The van der Waals surface area contributed by atoms with Crippen LogP contribution in [0.2, 0.25) is 0 Å². The van der Waals surface area contributed by atoms with E-state index in [0.717, 1.165) is 38.6 Å². The first-order chi connectivity index (χ1) is 12.1. The Kier molecular flexibility index (Phi) is 11.0. The molecule has 0 aromatic heterocycles. The molecule has 1 aliphatic carbocycles. The minimum absolute atomic E-state index is 0. The number of guanidine groups is 1. The number of ether oxygens (including phenoxy) is 1. The lowest BCUT2D eigenvalue weighted by Crippen LogP contribution is -2.53. The topological polar surface area (TPSA) is 95.0 Å². The average molecular weight is 498 g/mol. The molecule has 0 spiro atoms. The molecular weight excluding hydrogens is 459 g/mol. The molecule has 0 heterocycles. The number of rotatable bonds is 8. The largest absolute Gasteiger partial charge is 0.444 e. The summed E-state index contributed by atoms with van der Waals surface area (Å²) >= 11 is 0. The maximum atomic E-state index is 12.2. The quantitative estimate of drug-likeness (QED) is 0.234. The highest BCUT2D eigenvalue weighted by Crippen LogP contribution is 2.30. The molecule has 1 saturated carbocycles. The second kappa shape index (κ2) is 11.3. The van der Waals surface area contributed by atoms with Crippen LogP contribution in [0.1, 0.15) is 73.6 Å². The van der Waals surface area contributed by atoms with Crippen molar-refractivity contribution in [2.45, 2.75) is 90.4 Å². The number of nitrogens with one attached hydrogen (secondary N) is 3. The van der Waals surface area contributed by atoms with Gasteiger partial charge in [-0.05, 0) is 59.8 Å². The van der Waals surface area contributed by atoms with Crippen LogP contribution in [0.5, 0.6) is 0 Å². The van der Waals surface area contributed by atoms with Gasteiger partial charge in [0.25, 0.3) is 0 Å². The van der Waals surface area contributed by atoms with E-state index < -0.39 is 22.8 Å². The summed E-state index contributed by atoms with van der Waals surface area (Å²) in [7, 11) is 0. The summed E-state index contributed by atoms with van der Waals surface area (Å²) in [6.45, 7) is 13.3. The summed E-state index contributed by atoms with van der Waals surface area (Å²) in [6.07, 6.45) is 3.80. The van der Waals surface area contributed by atoms with Gasteiger partial charge in [-0.1, -0.05) is 13.8 Å². The van der Waals surface area contributed by atoms with E-state index in [-0.39, 0.29) is 24.0 Å². The van der Waals surface area contributed by atoms with Crippen molar-refractivity contribution in [2.24, 2.45) is 4.99 Å². The first-order valence-corrected chi connectivity index (χ1v) is 9.83. The van der Waals surface area contributed by atoms with Crippen LogP contribution < -0.4 is 16.0 Å². The van der Waals surface area contributed by atoms with Gasteiger partial charge in [0.05, 0.1) is 17.7 Å². The summed E-state index contributed by atoms with van der Waals surface area (Å²) in [6, 6.07) is 0. The van der Waals surface area contributed by atoms with Gasteiger partial charge in [0.1, 0.15) is 5.60 Å². The van der Waals surface area contributed by atoms with Gasteiger partial charge >= 0.3 is 6.09 Å². The van der Waals surface area contributed by atoms with Crippen LogP contribution in [0, 0.1) is 0 Å². The summed E-state index contributed by atoms with van der Waals surface area (Å²) in [4.78, 5) is 16.9. The molecule has 0 saturated heterocycles. The van der Waals surface area contributed by atoms with E-state index in [1.807, 2.05) is 41.5 Å². The highest BCUT2D eigenvalue weighted by atomic mass is 127. The van der Waals surface area contributed by atoms with Gasteiger partial charge in [-0.2, -0.15) is 0 Å². The van der Waals surface area contributed by atoms with E-state index in [1.165, 1.54) is 0 Å². The van der Waals surface area contributed by atoms with Crippen molar-refractivity contribution in [3.8, 4) is 0 Å². The van der Waals surface area contributed by atoms with Crippen LogP contribution in [-0.4, -0.2) is 53.5 Å². The van der Waals surface area contributed by atoms with Gasteiger partial charge in [-0.25, -0.2) is 4.79 Å². The molecule has 4 N–H and O–H groups in total. The zero-order valence-electron chi connectivity index (χ0n) is 17.8. The molecule has 1 amide bonds. The highest BCUT2D eigenvalue weighted by Gasteiger charge is 2.34. The van der Waals surface area contributed by atoms with Gasteiger partial charge in [0, 0.05) is 13.1 Å². The molecule has 0 radical (unpaired) electrons. The number of carbonyl (C=O) groups excluding carboxylic acids is 1. The number of carbonyl (C=O) groups is 1. The van der Waals surface area contributed by atoms with Crippen molar-refractivity contribution in [2.75, 3.05) is 19.6 Å². The number of amides is 1. The molecule has 0 unspecified atom stereocenters. The lowest BCUT2D eigenvalue weighted by Gasteiger charge is -2.37. The van der Waals surface area contributed by atoms with Crippen LogP contribution in [0.25, 0.3) is 0 Å². The zero-order chi connectivity index (χ0) is 19.8. The van der Waals surface area contributed by atoms with E-state index in [4.69, 9.17) is 4.74 Å². The molecule has 0 aliphatic heterocycles. The normalized spacial score (nSPS) is 16.6. The highest BCUT2D eigenvalue weighted by molar-refractivity contribution is 14.0. The van der Waals surface area contributed by atoms with Crippen molar-refractivity contribution in [3.63, 3.8) is 0 Å². The second-order valence-electron chi connectivity index (χ2n) is 8.24. The molecule has 7 nitrogen and oxygen atoms in total. The number of alkyl carbamates (subject to hydrolysis) is 1. The average Bonchev–Trinajstić information content (AvgIpc) is 2.52. The Morgan fingerprint density at radius 1 is 1.15 bits per heavy atom. The molecule has 1 rings (SSSR count). The summed E-state index contributed by atoms with van der Waals surface area (Å²) < 4.78 is 5.40. The van der Waals surface area contributed by atoms with E-state index in [9.17, 15) is 9.90 Å². The number of halogens is 1.